The van der Waals surface area contributed by atoms with Crippen LogP contribution >= 0.6 is 11.6 Å². The summed E-state index contributed by atoms with van der Waals surface area (Å²) in [4.78, 5) is 38.6. The summed E-state index contributed by atoms with van der Waals surface area (Å²) >= 11 is 6.21. The molecule has 8 heteroatoms. The van der Waals surface area contributed by atoms with Gasteiger partial charge in [-0.2, -0.15) is 0 Å². The lowest BCUT2D eigenvalue weighted by atomic mass is 10.1. The maximum Gasteiger partial charge on any atom is 0.253 e. The van der Waals surface area contributed by atoms with E-state index in [0.717, 1.165) is 32.4 Å². The molecule has 0 radical (unpaired) electrons. The molecule has 0 atom stereocenters. The first-order chi connectivity index (χ1) is 15.0. The summed E-state index contributed by atoms with van der Waals surface area (Å²) in [6.45, 7) is 3.47. The van der Waals surface area contributed by atoms with Gasteiger partial charge in [0, 0.05) is 36.4 Å². The van der Waals surface area contributed by atoms with Crippen LogP contribution in [0.5, 0.6) is 0 Å². The predicted octanol–water partition coefficient (Wildman–Crippen LogP) is 4.37. The Morgan fingerprint density at radius 1 is 0.968 bits per heavy atom. The number of rotatable bonds is 8. The first-order valence-corrected chi connectivity index (χ1v) is 10.9. The van der Waals surface area contributed by atoms with Gasteiger partial charge in [0.05, 0.1) is 17.3 Å². The number of nitrogens with one attached hydrogen (secondary N) is 3. The molecule has 0 aromatic heterocycles. The van der Waals surface area contributed by atoms with E-state index in [2.05, 4.69) is 16.0 Å². The highest BCUT2D eigenvalue weighted by Gasteiger charge is 2.19. The third-order valence-electron chi connectivity index (χ3n) is 4.95. The van der Waals surface area contributed by atoms with Crippen LogP contribution in [-0.2, 0) is 9.59 Å². The second-order valence-corrected chi connectivity index (χ2v) is 7.88. The van der Waals surface area contributed by atoms with Gasteiger partial charge in [0.2, 0.25) is 11.8 Å². The fourth-order valence-electron chi connectivity index (χ4n) is 3.40. The summed E-state index contributed by atoms with van der Waals surface area (Å²) < 4.78 is 0. The topological polar surface area (TPSA) is 90.5 Å². The number of anilines is 3. The van der Waals surface area contributed by atoms with Crippen molar-refractivity contribution in [3.05, 3.63) is 53.1 Å². The molecule has 1 aliphatic heterocycles. The highest BCUT2D eigenvalue weighted by Crippen LogP contribution is 2.25. The van der Waals surface area contributed by atoms with E-state index >= 15 is 0 Å². The normalized spacial score (nSPS) is 13.0. The summed E-state index contributed by atoms with van der Waals surface area (Å²) in [5, 5.41) is 9.03. The number of hydrogen-bond donors (Lipinski definition) is 3. The molecule has 0 bridgehead atoms. The van der Waals surface area contributed by atoms with Crippen LogP contribution in [0.1, 0.15) is 43.0 Å². The maximum atomic E-state index is 12.5. The van der Waals surface area contributed by atoms with Crippen LogP contribution in [0.4, 0.5) is 17.1 Å². The van der Waals surface area contributed by atoms with Crippen LogP contribution in [0, 0.1) is 0 Å². The second kappa shape index (κ2) is 10.8. The van der Waals surface area contributed by atoms with Gasteiger partial charge in [-0.1, -0.05) is 24.6 Å². The van der Waals surface area contributed by atoms with Crippen LogP contribution in [0.3, 0.4) is 0 Å². The lowest BCUT2D eigenvalue weighted by molar-refractivity contribution is -0.116. The molecule has 1 saturated heterocycles. The number of nitrogens with zero attached hydrogens (tertiary/aromatic N) is 1. The highest BCUT2D eigenvalue weighted by molar-refractivity contribution is 6.33. The largest absolute Gasteiger partial charge is 0.375 e. The summed E-state index contributed by atoms with van der Waals surface area (Å²) in [5.41, 5.74) is 2.28. The number of halogens is 1. The molecule has 0 aliphatic carbocycles. The van der Waals surface area contributed by atoms with Crippen LogP contribution in [0.2, 0.25) is 5.02 Å². The van der Waals surface area contributed by atoms with E-state index in [0.29, 0.717) is 34.1 Å². The van der Waals surface area contributed by atoms with E-state index in [9.17, 15) is 14.4 Å². The zero-order valence-electron chi connectivity index (χ0n) is 17.5. The number of benzene rings is 2. The van der Waals surface area contributed by atoms with Gasteiger partial charge in [-0.05, 0) is 55.7 Å². The van der Waals surface area contributed by atoms with E-state index < -0.39 is 0 Å². The van der Waals surface area contributed by atoms with Crippen molar-refractivity contribution in [2.24, 2.45) is 0 Å². The van der Waals surface area contributed by atoms with Crippen molar-refractivity contribution in [3.63, 3.8) is 0 Å². The molecule has 7 nitrogen and oxygen atoms in total. The smallest absolute Gasteiger partial charge is 0.253 e. The third kappa shape index (κ3) is 6.46. The molecule has 2 aromatic rings. The van der Waals surface area contributed by atoms with E-state index in [1.165, 1.54) is 0 Å². The molecule has 1 aliphatic rings. The molecule has 3 N–H and O–H groups in total. The van der Waals surface area contributed by atoms with Gasteiger partial charge in [-0.15, -0.1) is 0 Å². The minimum Gasteiger partial charge on any atom is -0.375 e. The molecule has 31 heavy (non-hydrogen) atoms. The Hall–Kier alpha value is -3.06. The van der Waals surface area contributed by atoms with E-state index in [1.54, 1.807) is 42.5 Å². The van der Waals surface area contributed by atoms with Crippen molar-refractivity contribution < 1.29 is 14.4 Å². The molecule has 3 rings (SSSR count). The van der Waals surface area contributed by atoms with Crippen molar-refractivity contribution in [3.8, 4) is 0 Å². The standard InChI is InChI=1S/C23H27ClN4O3/c1-2-6-21(29)26-18-9-10-19(24)20(14-18)25-15-22(30)27-17-8-5-7-16(13-17)23(31)28-11-3-4-12-28/h5,7-10,13-14,25H,2-4,6,11-12,15H2,1H3,(H,26,29)(H,27,30). The van der Waals surface area contributed by atoms with Crippen molar-refractivity contribution in [1.29, 1.82) is 0 Å². The molecular formula is C23H27ClN4O3. The number of hydrogen-bond acceptors (Lipinski definition) is 4. The monoisotopic (exact) mass is 442 g/mol. The van der Waals surface area contributed by atoms with Crippen molar-refractivity contribution >= 4 is 46.4 Å². The number of amides is 3. The maximum absolute atomic E-state index is 12.5. The Bertz CT molecular complexity index is 958. The summed E-state index contributed by atoms with van der Waals surface area (Å²) in [7, 11) is 0. The molecular weight excluding hydrogens is 416 g/mol. The number of carbonyl (C=O) groups is 3. The Labute approximate surface area is 187 Å². The first-order valence-electron chi connectivity index (χ1n) is 10.5. The van der Waals surface area contributed by atoms with Crippen LogP contribution < -0.4 is 16.0 Å². The van der Waals surface area contributed by atoms with Gasteiger partial charge in [0.25, 0.3) is 5.91 Å². The third-order valence-corrected chi connectivity index (χ3v) is 5.28. The van der Waals surface area contributed by atoms with Crippen LogP contribution in [-0.4, -0.2) is 42.3 Å². The van der Waals surface area contributed by atoms with E-state index in [4.69, 9.17) is 11.6 Å². The predicted molar refractivity (Wildman–Crippen MR) is 124 cm³/mol. The number of likely N-dealkylation sites (tertiary alicyclic amines) is 1. The second-order valence-electron chi connectivity index (χ2n) is 7.47. The zero-order valence-corrected chi connectivity index (χ0v) is 18.3. The molecule has 3 amide bonds. The molecule has 1 heterocycles. The van der Waals surface area contributed by atoms with Crippen molar-refractivity contribution in [2.45, 2.75) is 32.6 Å². The molecule has 0 saturated carbocycles. The van der Waals surface area contributed by atoms with Crippen molar-refractivity contribution in [1.82, 2.24) is 4.90 Å². The molecule has 0 unspecified atom stereocenters. The average Bonchev–Trinajstić information content (AvgIpc) is 3.29. The van der Waals surface area contributed by atoms with Gasteiger partial charge in [0.15, 0.2) is 0 Å². The number of carbonyl (C=O) groups excluding carboxylic acids is 3. The van der Waals surface area contributed by atoms with Crippen molar-refractivity contribution in [2.75, 3.05) is 35.6 Å². The van der Waals surface area contributed by atoms with Gasteiger partial charge in [-0.25, -0.2) is 0 Å². The van der Waals surface area contributed by atoms with E-state index in [1.807, 2.05) is 11.8 Å². The lowest BCUT2D eigenvalue weighted by Gasteiger charge is -2.16. The Morgan fingerprint density at radius 3 is 2.42 bits per heavy atom. The minimum absolute atomic E-state index is 0.0135. The molecule has 164 valence electrons. The highest BCUT2D eigenvalue weighted by atomic mass is 35.5. The Morgan fingerprint density at radius 2 is 1.68 bits per heavy atom. The van der Waals surface area contributed by atoms with Gasteiger partial charge < -0.3 is 20.9 Å². The van der Waals surface area contributed by atoms with Crippen LogP contribution in [0.15, 0.2) is 42.5 Å². The van der Waals surface area contributed by atoms with E-state index in [-0.39, 0.29) is 24.3 Å². The van der Waals surface area contributed by atoms with Gasteiger partial charge >= 0.3 is 0 Å². The lowest BCUT2D eigenvalue weighted by Crippen LogP contribution is -2.27. The minimum atomic E-state index is -0.276. The molecule has 1 fully saturated rings. The average molecular weight is 443 g/mol. The van der Waals surface area contributed by atoms with Crippen LogP contribution in [0.25, 0.3) is 0 Å². The molecule has 2 aromatic carbocycles. The Balaban J connectivity index is 1.57. The summed E-state index contributed by atoms with van der Waals surface area (Å²) in [6.07, 6.45) is 3.25. The fourth-order valence-corrected chi connectivity index (χ4v) is 3.59. The van der Waals surface area contributed by atoms with Gasteiger partial charge in [-0.3, -0.25) is 14.4 Å². The summed E-state index contributed by atoms with van der Waals surface area (Å²) in [5.74, 6) is -0.362. The summed E-state index contributed by atoms with van der Waals surface area (Å²) in [6, 6.07) is 12.0. The molecule has 0 spiro atoms. The fraction of sp³-hybridized carbons (Fsp3) is 0.348. The Kier molecular flexibility index (Phi) is 7.89. The quantitative estimate of drug-likeness (QED) is 0.566. The SMILES string of the molecule is CCCC(=O)Nc1ccc(Cl)c(NCC(=O)Nc2cccc(C(=O)N3CCCC3)c2)c1. The zero-order chi connectivity index (χ0) is 22.2. The first kappa shape index (κ1) is 22.6. The van der Waals surface area contributed by atoms with Gasteiger partial charge in [0.1, 0.15) is 0 Å².